The molecule has 0 aromatic rings. The Morgan fingerprint density at radius 1 is 0.300 bits per heavy atom. The maximum atomic E-state index is 5.10. The van der Waals surface area contributed by atoms with E-state index in [2.05, 4.69) is 0 Å². The minimum atomic E-state index is 0.690. The van der Waals surface area contributed by atoms with E-state index in [-0.39, 0.29) is 0 Å². The van der Waals surface area contributed by atoms with Crippen molar-refractivity contribution in [3.63, 3.8) is 0 Å². The third-order valence-corrected chi connectivity index (χ3v) is 4.20. The second-order valence-corrected chi connectivity index (χ2v) is 7.47. The van der Waals surface area contributed by atoms with Crippen LogP contribution in [0, 0.1) is 0 Å². The zero-order valence-corrected chi connectivity index (χ0v) is 23.9. The first-order valence-electron chi connectivity index (χ1n) is 13.5. The Kier molecular flexibility index (Phi) is 43.5. The first kappa shape index (κ1) is 42.2. The normalized spacial score (nSPS) is 7.83. The summed E-state index contributed by atoms with van der Waals surface area (Å²) in [6.07, 6.45) is 0. The molecule has 0 aromatic carbocycles. The summed E-state index contributed by atoms with van der Waals surface area (Å²) in [7, 11) is 3.68. The number of rotatable bonds is 19. The van der Waals surface area contributed by atoms with E-state index >= 15 is 0 Å². The Labute approximate surface area is 265 Å². The molecule has 0 unspecified atom stereocenters. The van der Waals surface area contributed by atoms with E-state index in [1.807, 2.05) is 249 Å². The van der Waals surface area contributed by atoms with E-state index in [1.165, 1.54) is 0 Å². The topological polar surface area (TPSA) is 9.23 Å². The summed E-state index contributed by atoms with van der Waals surface area (Å²) in [6.45, 7) is 72.2. The predicted octanol–water partition coefficient (Wildman–Crippen LogP) is -14.1. The van der Waals surface area contributed by atoms with E-state index in [0.717, 1.165) is 0 Å². The molecule has 38 heteroatoms. The van der Waals surface area contributed by atoms with Crippen molar-refractivity contribution in [2.24, 2.45) is 0 Å². The van der Waals surface area contributed by atoms with Crippen molar-refractivity contribution in [3.8, 4) is 0 Å². The molecule has 0 bridgehead atoms. The molecule has 1 nitrogen and oxygen atoms in total. The molecule has 0 amide bonds. The molecule has 0 aromatic heterocycles. The molecule has 0 N–H and O–H groups in total. The van der Waals surface area contributed by atoms with Crippen LogP contribution in [0.15, 0.2) is 0 Å². The Bertz CT molecular complexity index is 1150. The summed E-state index contributed by atoms with van der Waals surface area (Å²) < 4.78 is 5.10. The summed E-state index contributed by atoms with van der Waals surface area (Å²) >= 11 is 0. The monoisotopic (exact) mass is 454 g/mol. The van der Waals surface area contributed by atoms with Crippen molar-refractivity contribution in [3.05, 3.63) is 0 Å². The molecule has 40 heavy (non-hydrogen) atoms. The second kappa shape index (κ2) is 41.2. The minimum absolute atomic E-state index is 0.690. The molecule has 0 heterocycles. The average Bonchev–Trinajstić information content (AvgIpc) is 2.97. The predicted molar refractivity (Wildman–Crippen MR) is 227 cm³/mol. The van der Waals surface area contributed by atoms with Crippen LogP contribution in [-0.4, -0.2) is 256 Å². The molecule has 0 radical (unpaired) electrons. The van der Waals surface area contributed by atoms with Gasteiger partial charge in [0.1, 0.15) is 0 Å². The van der Waals surface area contributed by atoms with Gasteiger partial charge in [0, 0.05) is 0 Å². The van der Waals surface area contributed by atoms with Crippen molar-refractivity contribution >= 4 is 249 Å². The van der Waals surface area contributed by atoms with Gasteiger partial charge in [-0.05, 0) is 0 Å². The van der Waals surface area contributed by atoms with Crippen LogP contribution in [0.1, 0.15) is 6.92 Å². The van der Waals surface area contributed by atoms with Crippen molar-refractivity contribution in [2.45, 2.75) is 6.92 Å². The van der Waals surface area contributed by atoms with Crippen molar-refractivity contribution in [1.82, 2.24) is 0 Å². The van der Waals surface area contributed by atoms with E-state index in [1.54, 1.807) is 7.00 Å². The summed E-state index contributed by atoms with van der Waals surface area (Å²) in [5, 5.41) is 0. The zero-order chi connectivity index (χ0) is 28.9. The Balaban J connectivity index is 4.00. The summed E-state index contributed by atoms with van der Waals surface area (Å²) in [5.41, 5.74) is 0. The van der Waals surface area contributed by atoms with Gasteiger partial charge in [0.2, 0.25) is 0 Å². The molecular formula is C2H7B37O. The summed E-state index contributed by atoms with van der Waals surface area (Å²) in [5.74, 6) is 0. The first-order chi connectivity index (χ1) is 19.9. The van der Waals surface area contributed by atoms with Crippen LogP contribution in [0.2, 0.25) is 0 Å². The van der Waals surface area contributed by atoms with Gasteiger partial charge < -0.3 is 0 Å². The quantitative estimate of drug-likeness (QED) is 0.179. The summed E-state index contributed by atoms with van der Waals surface area (Å²) in [4.78, 5) is 0. The van der Waals surface area contributed by atoms with Crippen molar-refractivity contribution in [1.29, 1.82) is 0 Å². The van der Waals surface area contributed by atoms with Crippen LogP contribution in [-0.2, 0) is 4.65 Å². The van der Waals surface area contributed by atoms with E-state index in [9.17, 15) is 0 Å². The van der Waals surface area contributed by atoms with Crippen LogP contribution in [0.5, 0.6) is 0 Å². The van der Waals surface area contributed by atoms with Crippen LogP contribution in [0.25, 0.3) is 0 Å². The molecule has 0 rings (SSSR count). The van der Waals surface area contributed by atoms with E-state index in [0.29, 0.717) is 6.61 Å². The number of hydrogen-bond acceptors (Lipinski definition) is 1. The van der Waals surface area contributed by atoms with E-state index in [4.69, 9.17) is 4.65 Å². The molecule has 0 saturated heterocycles. The fourth-order valence-electron chi connectivity index (χ4n) is 2.36. The molecule has 0 spiro atoms. The molecule has 132 valence electrons. The molecule has 0 aliphatic heterocycles. The van der Waals surface area contributed by atoms with Gasteiger partial charge in [0.15, 0.2) is 0 Å². The first-order valence-corrected chi connectivity index (χ1v) is 13.5. The number of hydrogen-bond donors (Lipinski definition) is 0. The molecule has 0 fully saturated rings. The van der Waals surface area contributed by atoms with Crippen LogP contribution in [0.4, 0.5) is 0 Å². The maximum absolute atomic E-state index is 5.10. The van der Waals surface area contributed by atoms with Crippen LogP contribution in [0.3, 0.4) is 0 Å². The molecule has 0 saturated carbocycles. The van der Waals surface area contributed by atoms with Crippen LogP contribution >= 0.6 is 0 Å². The Hall–Kier alpha value is 2.20. The van der Waals surface area contributed by atoms with Gasteiger partial charge in [-0.15, -0.1) is 0 Å². The zero-order valence-electron chi connectivity index (χ0n) is 23.9. The van der Waals surface area contributed by atoms with Gasteiger partial charge in [-0.25, -0.2) is 0 Å². The van der Waals surface area contributed by atoms with E-state index < -0.39 is 0 Å². The standard InChI is InChI=1S/C2H7B37O/c1-2-40-39-38-37-36-35-34-33-32-31-30-29-28-27-26-25-24-23-22-21-20-19-18-17-16-15-14-13-12-11-10-9-8-7-6-5-4-3/h2-3H2,1H3. The van der Waals surface area contributed by atoms with Gasteiger partial charge in [-0.3, -0.25) is 0 Å². The fourth-order valence-corrected chi connectivity index (χ4v) is 2.36. The molecule has 0 aliphatic carbocycles. The fraction of sp³-hybridized carbons (Fsp3) is 1.00. The third kappa shape index (κ3) is 40.2. The average molecular weight is 447 g/mol. The third-order valence-electron chi connectivity index (χ3n) is 4.20. The molecule has 0 atom stereocenters. The summed E-state index contributed by atoms with van der Waals surface area (Å²) in [6, 6.07) is 0. The van der Waals surface area contributed by atoms with Crippen molar-refractivity contribution < 1.29 is 4.65 Å². The Morgan fingerprint density at radius 3 is 0.650 bits per heavy atom. The SMILES string of the molecule is BB=BB=BB=BB=BB=BB=BB=BB=BB=BB=BB=BB=BB=BB=BB=BB=BB=BB=BOCC. The Morgan fingerprint density at radius 2 is 0.475 bits per heavy atom. The van der Waals surface area contributed by atoms with Crippen molar-refractivity contribution in [2.75, 3.05) is 6.61 Å². The molecular weight excluding hydrogens is 440 g/mol. The van der Waals surface area contributed by atoms with Gasteiger partial charge in [0.25, 0.3) is 0 Å². The molecule has 0 aliphatic rings. The van der Waals surface area contributed by atoms with Gasteiger partial charge in [-0.1, -0.05) is 0 Å². The second-order valence-electron chi connectivity index (χ2n) is 7.47. The van der Waals surface area contributed by atoms with Gasteiger partial charge >= 0.3 is 267 Å². The van der Waals surface area contributed by atoms with Gasteiger partial charge in [0.05, 0.1) is 0 Å². The van der Waals surface area contributed by atoms with Crippen LogP contribution < -0.4 is 0 Å². The van der Waals surface area contributed by atoms with Gasteiger partial charge in [-0.2, -0.15) is 0 Å².